The van der Waals surface area contributed by atoms with Gasteiger partial charge in [-0.2, -0.15) is 0 Å². The first kappa shape index (κ1) is 26.2. The van der Waals surface area contributed by atoms with Gasteiger partial charge >= 0.3 is 0 Å². The largest absolute Gasteiger partial charge is 0.0769 e. The highest BCUT2D eigenvalue weighted by molar-refractivity contribution is 7.67. The number of hydrogen-bond donors (Lipinski definition) is 0. The van der Waals surface area contributed by atoms with Crippen molar-refractivity contribution in [1.29, 1.82) is 0 Å². The van der Waals surface area contributed by atoms with Gasteiger partial charge in [0.05, 0.1) is 0 Å². The van der Waals surface area contributed by atoms with Crippen LogP contribution in [0.3, 0.4) is 0 Å². The molecule has 0 saturated heterocycles. The van der Waals surface area contributed by atoms with E-state index >= 15 is 0 Å². The molecule has 1 aromatic carbocycles. The number of hydrogen-bond acceptors (Lipinski definition) is 0. The van der Waals surface area contributed by atoms with Gasteiger partial charge in [0.25, 0.3) is 0 Å². The fourth-order valence-electron chi connectivity index (χ4n) is 7.88. The van der Waals surface area contributed by atoms with Gasteiger partial charge < -0.3 is 0 Å². The minimum absolute atomic E-state index is 0.107. The predicted molar refractivity (Wildman–Crippen MR) is 154 cm³/mol. The molecule has 0 N–H and O–H groups in total. The van der Waals surface area contributed by atoms with Crippen molar-refractivity contribution in [2.45, 2.75) is 123 Å². The third kappa shape index (κ3) is 5.01. The SMILES string of the molecule is CC(C)C1=CC=CC(C(C)C)(C(C)C)C1c1ccccc1P(C1CCCCC1)C1CCCCC1. The van der Waals surface area contributed by atoms with E-state index in [2.05, 4.69) is 84.0 Å². The summed E-state index contributed by atoms with van der Waals surface area (Å²) in [6.07, 6.45) is 22.2. The molecule has 4 rings (SSSR count). The van der Waals surface area contributed by atoms with Crippen LogP contribution in [0.4, 0.5) is 0 Å². The van der Waals surface area contributed by atoms with E-state index in [1.54, 1.807) is 16.4 Å². The lowest BCUT2D eigenvalue weighted by molar-refractivity contribution is 0.143. The highest BCUT2D eigenvalue weighted by atomic mass is 31.1. The van der Waals surface area contributed by atoms with Gasteiger partial charge in [-0.05, 0) is 65.6 Å². The molecule has 188 valence electrons. The number of allylic oxidation sites excluding steroid dienone is 4. The van der Waals surface area contributed by atoms with E-state index in [0.717, 1.165) is 11.3 Å². The summed E-state index contributed by atoms with van der Waals surface area (Å²) in [4.78, 5) is 0. The van der Waals surface area contributed by atoms with E-state index in [-0.39, 0.29) is 13.3 Å². The Kier molecular flexibility index (Phi) is 8.83. The van der Waals surface area contributed by atoms with Gasteiger partial charge in [-0.1, -0.05) is 136 Å². The maximum atomic E-state index is 2.61. The highest BCUT2D eigenvalue weighted by Crippen LogP contribution is 2.60. The number of rotatable bonds is 7. The van der Waals surface area contributed by atoms with E-state index in [0.29, 0.717) is 23.7 Å². The van der Waals surface area contributed by atoms with Crippen LogP contribution in [0.15, 0.2) is 48.1 Å². The van der Waals surface area contributed by atoms with Crippen LogP contribution >= 0.6 is 7.92 Å². The quantitative estimate of drug-likeness (QED) is 0.342. The Balaban J connectivity index is 1.88. The third-order valence-corrected chi connectivity index (χ3v) is 13.2. The summed E-state index contributed by atoms with van der Waals surface area (Å²) in [5, 5.41) is 1.80. The molecule has 1 unspecified atom stereocenters. The summed E-state index contributed by atoms with van der Waals surface area (Å²) in [5.41, 5.74) is 5.46. The summed E-state index contributed by atoms with van der Waals surface area (Å²) in [7, 11) is -0.107. The molecule has 0 heterocycles. The lowest BCUT2D eigenvalue weighted by Crippen LogP contribution is -2.42. The van der Waals surface area contributed by atoms with Gasteiger partial charge in [0, 0.05) is 11.3 Å². The van der Waals surface area contributed by atoms with E-state index in [1.165, 1.54) is 64.2 Å². The molecule has 34 heavy (non-hydrogen) atoms. The van der Waals surface area contributed by atoms with E-state index in [9.17, 15) is 0 Å². The lowest BCUT2D eigenvalue weighted by atomic mass is 9.55. The van der Waals surface area contributed by atoms with Gasteiger partial charge in [0.15, 0.2) is 0 Å². The molecule has 1 heteroatoms. The standard InChI is InChI=1S/C33H51P/c1-24(2)29-21-15-23-33(25(3)4,26(5)6)32(29)30-20-13-14-22-31(30)34(27-16-9-7-10-17-27)28-18-11-8-12-19-28/h13-15,20-28,32H,7-12,16-19H2,1-6H3. The molecule has 0 spiro atoms. The van der Waals surface area contributed by atoms with Crippen LogP contribution < -0.4 is 5.30 Å². The molecule has 0 aromatic heterocycles. The van der Waals surface area contributed by atoms with Crippen LogP contribution in [-0.2, 0) is 0 Å². The van der Waals surface area contributed by atoms with Crippen molar-refractivity contribution >= 4 is 13.2 Å². The fraction of sp³-hybridized carbons (Fsp3) is 0.697. The maximum Gasteiger partial charge on any atom is 0.0156 e. The second-order valence-electron chi connectivity index (χ2n) is 12.5. The lowest BCUT2D eigenvalue weighted by Gasteiger charge is -2.50. The van der Waals surface area contributed by atoms with Gasteiger partial charge in [-0.25, -0.2) is 0 Å². The summed E-state index contributed by atoms with van der Waals surface area (Å²) in [6.45, 7) is 14.8. The van der Waals surface area contributed by atoms with Gasteiger partial charge in [-0.3, -0.25) is 0 Å². The third-order valence-electron chi connectivity index (χ3n) is 9.64. The van der Waals surface area contributed by atoms with Gasteiger partial charge in [0.1, 0.15) is 0 Å². The minimum Gasteiger partial charge on any atom is -0.0769 e. The second-order valence-corrected chi connectivity index (χ2v) is 15.2. The summed E-state index contributed by atoms with van der Waals surface area (Å²) < 4.78 is 0. The van der Waals surface area contributed by atoms with Crippen molar-refractivity contribution < 1.29 is 0 Å². The van der Waals surface area contributed by atoms with Gasteiger partial charge in [-0.15, -0.1) is 0 Å². The summed E-state index contributed by atoms with van der Waals surface area (Å²) in [5.74, 6) is 2.31. The zero-order valence-electron chi connectivity index (χ0n) is 23.0. The van der Waals surface area contributed by atoms with Crippen molar-refractivity contribution in [3.05, 3.63) is 53.6 Å². The summed E-state index contributed by atoms with van der Waals surface area (Å²) in [6, 6.07) is 9.90. The molecule has 0 nitrogen and oxygen atoms in total. The Morgan fingerprint density at radius 3 is 1.76 bits per heavy atom. The second kappa shape index (κ2) is 11.5. The molecule has 3 aliphatic carbocycles. The van der Waals surface area contributed by atoms with E-state index < -0.39 is 0 Å². The monoisotopic (exact) mass is 478 g/mol. The average Bonchev–Trinajstić information content (AvgIpc) is 2.85. The van der Waals surface area contributed by atoms with Crippen molar-refractivity contribution in [3.8, 4) is 0 Å². The Bertz CT molecular complexity index is 819. The number of benzene rings is 1. The van der Waals surface area contributed by atoms with Crippen LogP contribution in [0.25, 0.3) is 0 Å². The molecule has 2 fully saturated rings. The zero-order chi connectivity index (χ0) is 24.3. The molecule has 0 bridgehead atoms. The minimum atomic E-state index is -0.107. The van der Waals surface area contributed by atoms with Crippen LogP contribution in [-0.4, -0.2) is 11.3 Å². The molecule has 1 atom stereocenters. The maximum absolute atomic E-state index is 2.61. The predicted octanol–water partition coefficient (Wildman–Crippen LogP) is 9.99. The summed E-state index contributed by atoms with van der Waals surface area (Å²) >= 11 is 0. The Morgan fingerprint density at radius 2 is 1.26 bits per heavy atom. The van der Waals surface area contributed by atoms with Crippen LogP contribution in [0.1, 0.15) is 117 Å². The van der Waals surface area contributed by atoms with Crippen LogP contribution in [0.5, 0.6) is 0 Å². The van der Waals surface area contributed by atoms with E-state index in [1.807, 2.05) is 0 Å². The molecule has 2 saturated carbocycles. The van der Waals surface area contributed by atoms with Gasteiger partial charge in [0.2, 0.25) is 0 Å². The Morgan fingerprint density at radius 1 is 0.735 bits per heavy atom. The van der Waals surface area contributed by atoms with Crippen molar-refractivity contribution in [2.75, 3.05) is 0 Å². The molecular weight excluding hydrogens is 427 g/mol. The highest BCUT2D eigenvalue weighted by Gasteiger charge is 2.47. The van der Waals surface area contributed by atoms with Crippen LogP contribution in [0, 0.1) is 23.2 Å². The average molecular weight is 479 g/mol. The fourth-order valence-corrected chi connectivity index (χ4v) is 11.9. The van der Waals surface area contributed by atoms with E-state index in [4.69, 9.17) is 0 Å². The molecule has 3 aliphatic rings. The Labute approximate surface area is 212 Å². The topological polar surface area (TPSA) is 0 Å². The smallest absolute Gasteiger partial charge is 0.0156 e. The first-order valence-corrected chi connectivity index (χ1v) is 16.1. The van der Waals surface area contributed by atoms with Crippen molar-refractivity contribution in [2.24, 2.45) is 23.2 Å². The first-order chi connectivity index (χ1) is 16.4. The normalized spacial score (nSPS) is 24.4. The van der Waals surface area contributed by atoms with Crippen molar-refractivity contribution in [3.63, 3.8) is 0 Å². The molecule has 0 aliphatic heterocycles. The molecule has 1 aromatic rings. The van der Waals surface area contributed by atoms with Crippen molar-refractivity contribution in [1.82, 2.24) is 0 Å². The van der Waals surface area contributed by atoms with Crippen LogP contribution in [0.2, 0.25) is 0 Å². The molecule has 0 radical (unpaired) electrons. The Hall–Kier alpha value is -0.870. The molecular formula is C33H51P. The molecule has 0 amide bonds. The zero-order valence-corrected chi connectivity index (χ0v) is 23.9. The first-order valence-electron chi connectivity index (χ1n) is 14.6.